The topological polar surface area (TPSA) is 48.1 Å². The van der Waals surface area contributed by atoms with Gasteiger partial charge in [0.05, 0.1) is 7.11 Å². The maximum Gasteiger partial charge on any atom is 0.131 e. The van der Waals surface area contributed by atoms with Crippen LogP contribution >= 0.6 is 0 Å². The van der Waals surface area contributed by atoms with Crippen molar-refractivity contribution in [2.75, 3.05) is 12.8 Å². The molecular formula is C11H12N2O. The van der Waals surface area contributed by atoms with Gasteiger partial charge >= 0.3 is 0 Å². The van der Waals surface area contributed by atoms with Crippen LogP contribution in [0.5, 0.6) is 5.75 Å². The molecule has 2 rings (SSSR count). The molecule has 0 spiro atoms. The number of methoxy groups -OCH3 is 1. The molecule has 3 heteroatoms. The number of hydrogen-bond donors (Lipinski definition) is 1. The molecule has 0 bridgehead atoms. The summed E-state index contributed by atoms with van der Waals surface area (Å²) in [5.74, 6) is 1.39. The molecule has 3 nitrogen and oxygen atoms in total. The SMILES string of the molecule is COc1cccc2c(N)nc(C)cc12. The number of nitrogens with zero attached hydrogens (tertiary/aromatic N) is 1. The second-order valence-corrected chi connectivity index (χ2v) is 3.20. The van der Waals surface area contributed by atoms with Crippen LogP contribution in [0.1, 0.15) is 5.69 Å². The molecule has 0 fully saturated rings. The van der Waals surface area contributed by atoms with Crippen LogP contribution in [0.2, 0.25) is 0 Å². The summed E-state index contributed by atoms with van der Waals surface area (Å²) in [4.78, 5) is 4.20. The zero-order valence-electron chi connectivity index (χ0n) is 8.24. The van der Waals surface area contributed by atoms with E-state index in [-0.39, 0.29) is 0 Å². The molecule has 2 aromatic rings. The predicted octanol–water partition coefficient (Wildman–Crippen LogP) is 2.13. The average molecular weight is 188 g/mol. The lowest BCUT2D eigenvalue weighted by Gasteiger charge is -2.07. The Labute approximate surface area is 82.5 Å². The first-order valence-corrected chi connectivity index (χ1v) is 4.42. The van der Waals surface area contributed by atoms with E-state index in [1.54, 1.807) is 7.11 Å². The van der Waals surface area contributed by atoms with Crippen LogP contribution in [0.4, 0.5) is 5.82 Å². The molecule has 1 aromatic carbocycles. The maximum atomic E-state index is 5.81. The fraction of sp³-hybridized carbons (Fsp3) is 0.182. The Morgan fingerprint density at radius 3 is 2.79 bits per heavy atom. The summed E-state index contributed by atoms with van der Waals surface area (Å²) < 4.78 is 5.25. The lowest BCUT2D eigenvalue weighted by atomic mass is 10.1. The van der Waals surface area contributed by atoms with Gasteiger partial charge in [-0.05, 0) is 19.1 Å². The van der Waals surface area contributed by atoms with Crippen LogP contribution in [0.3, 0.4) is 0 Å². The summed E-state index contributed by atoms with van der Waals surface area (Å²) in [6, 6.07) is 7.75. The average Bonchev–Trinajstić information content (AvgIpc) is 2.17. The fourth-order valence-corrected chi connectivity index (χ4v) is 1.59. The van der Waals surface area contributed by atoms with Crippen molar-refractivity contribution in [1.29, 1.82) is 0 Å². The van der Waals surface area contributed by atoms with Gasteiger partial charge in [-0.15, -0.1) is 0 Å². The first-order chi connectivity index (χ1) is 6.72. The molecule has 72 valence electrons. The highest BCUT2D eigenvalue weighted by atomic mass is 16.5. The Morgan fingerprint density at radius 1 is 1.29 bits per heavy atom. The van der Waals surface area contributed by atoms with Crippen LogP contribution < -0.4 is 10.5 Å². The number of aromatic nitrogens is 1. The van der Waals surface area contributed by atoms with E-state index in [2.05, 4.69) is 4.98 Å². The minimum absolute atomic E-state index is 0.555. The van der Waals surface area contributed by atoms with Crippen molar-refractivity contribution in [2.24, 2.45) is 0 Å². The van der Waals surface area contributed by atoms with E-state index in [1.807, 2.05) is 31.2 Å². The lowest BCUT2D eigenvalue weighted by Crippen LogP contribution is -1.95. The van der Waals surface area contributed by atoms with E-state index >= 15 is 0 Å². The van der Waals surface area contributed by atoms with E-state index in [9.17, 15) is 0 Å². The van der Waals surface area contributed by atoms with Gasteiger partial charge in [-0.1, -0.05) is 12.1 Å². The molecule has 0 atom stereocenters. The van der Waals surface area contributed by atoms with E-state index in [0.717, 1.165) is 22.2 Å². The van der Waals surface area contributed by atoms with Gasteiger partial charge in [0, 0.05) is 16.5 Å². The molecule has 0 saturated carbocycles. The molecule has 0 unspecified atom stereocenters. The number of hydrogen-bond acceptors (Lipinski definition) is 3. The number of rotatable bonds is 1. The van der Waals surface area contributed by atoms with Crippen LogP contribution in [0.25, 0.3) is 10.8 Å². The Morgan fingerprint density at radius 2 is 2.07 bits per heavy atom. The number of nitrogens with two attached hydrogens (primary N) is 1. The van der Waals surface area contributed by atoms with Gasteiger partial charge in [0.25, 0.3) is 0 Å². The van der Waals surface area contributed by atoms with Gasteiger partial charge in [-0.3, -0.25) is 0 Å². The standard InChI is InChI=1S/C11H12N2O/c1-7-6-9-8(11(12)13-7)4-3-5-10(9)14-2/h3-6H,1-2H3,(H2,12,13). The molecule has 0 saturated heterocycles. The number of pyridine rings is 1. The molecular weight excluding hydrogens is 176 g/mol. The first-order valence-electron chi connectivity index (χ1n) is 4.42. The van der Waals surface area contributed by atoms with E-state index in [1.165, 1.54) is 0 Å². The van der Waals surface area contributed by atoms with Crippen molar-refractivity contribution in [1.82, 2.24) is 4.98 Å². The van der Waals surface area contributed by atoms with Gasteiger partial charge in [0.15, 0.2) is 0 Å². The summed E-state index contributed by atoms with van der Waals surface area (Å²) in [6.45, 7) is 1.92. The highest BCUT2D eigenvalue weighted by molar-refractivity contribution is 5.95. The summed E-state index contributed by atoms with van der Waals surface area (Å²) >= 11 is 0. The van der Waals surface area contributed by atoms with Crippen molar-refractivity contribution >= 4 is 16.6 Å². The number of ether oxygens (including phenoxy) is 1. The molecule has 1 aromatic heterocycles. The van der Waals surface area contributed by atoms with Gasteiger partial charge in [-0.2, -0.15) is 0 Å². The Bertz CT molecular complexity index is 480. The summed E-state index contributed by atoms with van der Waals surface area (Å²) in [5.41, 5.74) is 6.72. The molecule has 0 aliphatic rings. The summed E-state index contributed by atoms with van der Waals surface area (Å²) in [5, 5.41) is 1.95. The van der Waals surface area contributed by atoms with Crippen molar-refractivity contribution < 1.29 is 4.74 Å². The van der Waals surface area contributed by atoms with Gasteiger partial charge in [0.1, 0.15) is 11.6 Å². The Kier molecular flexibility index (Phi) is 2.00. The third kappa shape index (κ3) is 1.27. The Hall–Kier alpha value is -1.77. The molecule has 1 heterocycles. The molecule has 0 radical (unpaired) electrons. The van der Waals surface area contributed by atoms with Crippen molar-refractivity contribution in [3.63, 3.8) is 0 Å². The monoisotopic (exact) mass is 188 g/mol. The fourth-order valence-electron chi connectivity index (χ4n) is 1.59. The molecule has 0 amide bonds. The third-order valence-corrected chi connectivity index (χ3v) is 2.21. The molecule has 0 aliphatic carbocycles. The third-order valence-electron chi connectivity index (χ3n) is 2.21. The van der Waals surface area contributed by atoms with E-state index in [0.29, 0.717) is 5.82 Å². The van der Waals surface area contributed by atoms with Crippen LogP contribution in [-0.4, -0.2) is 12.1 Å². The minimum Gasteiger partial charge on any atom is -0.496 e. The number of fused-ring (bicyclic) bond motifs is 1. The molecule has 14 heavy (non-hydrogen) atoms. The minimum atomic E-state index is 0.555. The summed E-state index contributed by atoms with van der Waals surface area (Å²) in [7, 11) is 1.65. The van der Waals surface area contributed by atoms with E-state index in [4.69, 9.17) is 10.5 Å². The summed E-state index contributed by atoms with van der Waals surface area (Å²) in [6.07, 6.45) is 0. The van der Waals surface area contributed by atoms with Crippen LogP contribution in [0.15, 0.2) is 24.3 Å². The normalized spacial score (nSPS) is 10.4. The van der Waals surface area contributed by atoms with Gasteiger partial charge in [-0.25, -0.2) is 4.98 Å². The van der Waals surface area contributed by atoms with Crippen molar-refractivity contribution in [3.05, 3.63) is 30.0 Å². The highest BCUT2D eigenvalue weighted by Crippen LogP contribution is 2.28. The molecule has 2 N–H and O–H groups in total. The maximum absolute atomic E-state index is 5.81. The number of anilines is 1. The van der Waals surface area contributed by atoms with Crippen molar-refractivity contribution in [3.8, 4) is 5.75 Å². The predicted molar refractivity (Wildman–Crippen MR) is 57.4 cm³/mol. The van der Waals surface area contributed by atoms with Crippen molar-refractivity contribution in [2.45, 2.75) is 6.92 Å². The van der Waals surface area contributed by atoms with Crippen LogP contribution in [-0.2, 0) is 0 Å². The second-order valence-electron chi connectivity index (χ2n) is 3.20. The number of nitrogen functional groups attached to an aromatic ring is 1. The van der Waals surface area contributed by atoms with Crippen LogP contribution in [0, 0.1) is 6.92 Å². The smallest absolute Gasteiger partial charge is 0.131 e. The lowest BCUT2D eigenvalue weighted by molar-refractivity contribution is 0.420. The first kappa shape index (κ1) is 8.81. The number of aryl methyl sites for hydroxylation is 1. The molecule has 0 aliphatic heterocycles. The van der Waals surface area contributed by atoms with E-state index < -0.39 is 0 Å². The van der Waals surface area contributed by atoms with Gasteiger partial charge in [0.2, 0.25) is 0 Å². The second kappa shape index (κ2) is 3.18. The van der Waals surface area contributed by atoms with Gasteiger partial charge < -0.3 is 10.5 Å². The largest absolute Gasteiger partial charge is 0.496 e. The Balaban J connectivity index is 2.86. The highest BCUT2D eigenvalue weighted by Gasteiger charge is 2.04. The quantitative estimate of drug-likeness (QED) is 0.745. The zero-order valence-corrected chi connectivity index (χ0v) is 8.24. The zero-order chi connectivity index (χ0) is 10.1. The number of benzene rings is 1.